The molecule has 1 N–H and O–H groups in total. The summed E-state index contributed by atoms with van der Waals surface area (Å²) in [6, 6.07) is 17.2. The molecule has 2 aromatic carbocycles. The first-order chi connectivity index (χ1) is 17.0. The van der Waals surface area contributed by atoms with Crippen molar-refractivity contribution in [3.63, 3.8) is 0 Å². The first kappa shape index (κ1) is 23.7. The van der Waals surface area contributed by atoms with Gasteiger partial charge in [-0.15, -0.1) is 0 Å². The van der Waals surface area contributed by atoms with Gasteiger partial charge in [-0.2, -0.15) is 0 Å². The van der Waals surface area contributed by atoms with Crippen molar-refractivity contribution in [3.05, 3.63) is 88.6 Å². The number of piperidine rings is 1. The number of hydrogen-bond acceptors (Lipinski definition) is 4. The largest absolute Gasteiger partial charge is 0.371 e. The summed E-state index contributed by atoms with van der Waals surface area (Å²) in [5.74, 6) is 1.43. The predicted molar refractivity (Wildman–Crippen MR) is 144 cm³/mol. The highest BCUT2D eigenvalue weighted by atomic mass is 35.5. The molecule has 0 spiro atoms. The second kappa shape index (κ2) is 10.3. The highest BCUT2D eigenvalue weighted by Crippen LogP contribution is 2.31. The standard InChI is InChI=1S/C29H33ClN4O/c1-3-26-28(34-19-24(30)10-13-27(34)32-26)29(35)31-18-21-6-11-25(12-7-21)33-16-14-23(15-17-33)22-8-4-20(2)5-9-22/h4-13,19,23,26,28H,3,14-18H2,1-2H3,(H,31,35). The summed E-state index contributed by atoms with van der Waals surface area (Å²) >= 11 is 6.18. The van der Waals surface area contributed by atoms with Crippen LogP contribution in [-0.4, -0.2) is 41.8 Å². The lowest BCUT2D eigenvalue weighted by atomic mass is 9.89. The van der Waals surface area contributed by atoms with E-state index in [1.54, 1.807) is 6.20 Å². The van der Waals surface area contributed by atoms with E-state index in [9.17, 15) is 4.79 Å². The Morgan fingerprint density at radius 2 is 1.77 bits per heavy atom. The van der Waals surface area contributed by atoms with Crippen LogP contribution >= 0.6 is 11.6 Å². The highest BCUT2D eigenvalue weighted by molar-refractivity contribution is 6.32. The summed E-state index contributed by atoms with van der Waals surface area (Å²) in [7, 11) is 0. The average Bonchev–Trinajstić information content (AvgIpc) is 3.26. The molecule has 3 aliphatic rings. The van der Waals surface area contributed by atoms with Gasteiger partial charge in [0.15, 0.2) is 0 Å². The quantitative estimate of drug-likeness (QED) is 0.583. The van der Waals surface area contributed by atoms with Crippen LogP contribution in [0.4, 0.5) is 5.69 Å². The minimum atomic E-state index is -0.359. The third kappa shape index (κ3) is 5.15. The van der Waals surface area contributed by atoms with Crippen molar-refractivity contribution in [1.82, 2.24) is 10.2 Å². The van der Waals surface area contributed by atoms with E-state index in [0.29, 0.717) is 17.5 Å². The van der Waals surface area contributed by atoms with Gasteiger partial charge >= 0.3 is 0 Å². The zero-order valence-corrected chi connectivity index (χ0v) is 21.2. The fraction of sp³-hybridized carbons (Fsp3) is 0.379. The number of carbonyl (C=O) groups excluding carboxylic acids is 1. The Hall–Kier alpha value is -3.05. The van der Waals surface area contributed by atoms with Crippen molar-refractivity contribution < 1.29 is 4.79 Å². The van der Waals surface area contributed by atoms with Gasteiger partial charge in [0.1, 0.15) is 11.9 Å². The van der Waals surface area contributed by atoms with Gasteiger partial charge in [-0.05, 0) is 67.5 Å². The molecule has 0 aromatic heterocycles. The number of fused-ring (bicyclic) bond motifs is 1. The fourth-order valence-corrected chi connectivity index (χ4v) is 5.45. The van der Waals surface area contributed by atoms with E-state index >= 15 is 0 Å². The number of aliphatic imine (C=N–C) groups is 1. The molecule has 0 bridgehead atoms. The molecule has 2 atom stereocenters. The van der Waals surface area contributed by atoms with Crippen molar-refractivity contribution in [3.8, 4) is 0 Å². The molecule has 3 aliphatic heterocycles. The fourth-order valence-electron chi connectivity index (χ4n) is 5.28. The van der Waals surface area contributed by atoms with Crippen LogP contribution in [0.15, 0.2) is 76.9 Å². The van der Waals surface area contributed by atoms with Crippen LogP contribution in [0.2, 0.25) is 0 Å². The number of carbonyl (C=O) groups is 1. The number of nitrogens with zero attached hydrogens (tertiary/aromatic N) is 3. The van der Waals surface area contributed by atoms with Gasteiger partial charge in [0.2, 0.25) is 5.91 Å². The maximum Gasteiger partial charge on any atom is 0.245 e. The molecule has 182 valence electrons. The van der Waals surface area contributed by atoms with Crippen LogP contribution in [-0.2, 0) is 11.3 Å². The second-order valence-corrected chi connectivity index (χ2v) is 10.2. The molecule has 0 saturated carbocycles. The van der Waals surface area contributed by atoms with Crippen LogP contribution in [0.25, 0.3) is 0 Å². The molecular weight excluding hydrogens is 456 g/mol. The lowest BCUT2D eigenvalue weighted by molar-refractivity contribution is -0.124. The maximum atomic E-state index is 13.1. The SMILES string of the molecule is CCC1N=C2C=CC(Cl)=CN2C1C(=O)NCc1ccc(N2CCC(c3ccc(C)cc3)CC2)cc1. The lowest BCUT2D eigenvalue weighted by Gasteiger charge is -2.34. The molecule has 1 fully saturated rings. The Balaban J connectivity index is 1.15. The van der Waals surface area contributed by atoms with Crippen LogP contribution in [0.5, 0.6) is 0 Å². The molecule has 35 heavy (non-hydrogen) atoms. The first-order valence-corrected chi connectivity index (χ1v) is 13.0. The Kier molecular flexibility index (Phi) is 6.96. The minimum Gasteiger partial charge on any atom is -0.371 e. The Labute approximate surface area is 213 Å². The number of anilines is 1. The van der Waals surface area contributed by atoms with Crippen LogP contribution in [0.3, 0.4) is 0 Å². The summed E-state index contributed by atoms with van der Waals surface area (Å²) in [6.07, 6.45) is 8.64. The van der Waals surface area contributed by atoms with Crippen molar-refractivity contribution in [2.24, 2.45) is 4.99 Å². The first-order valence-electron chi connectivity index (χ1n) is 12.6. The van der Waals surface area contributed by atoms with Crippen LogP contribution in [0, 0.1) is 6.92 Å². The number of nitrogens with one attached hydrogen (secondary N) is 1. The average molecular weight is 489 g/mol. The topological polar surface area (TPSA) is 47.9 Å². The summed E-state index contributed by atoms with van der Waals surface area (Å²) < 4.78 is 0. The monoisotopic (exact) mass is 488 g/mol. The molecule has 5 nitrogen and oxygen atoms in total. The number of aryl methyl sites for hydroxylation is 1. The van der Waals surface area contributed by atoms with Crippen molar-refractivity contribution in [1.29, 1.82) is 0 Å². The zero-order valence-electron chi connectivity index (χ0n) is 20.5. The van der Waals surface area contributed by atoms with E-state index in [4.69, 9.17) is 16.6 Å². The number of amides is 1. The summed E-state index contributed by atoms with van der Waals surface area (Å²) in [4.78, 5) is 22.2. The van der Waals surface area contributed by atoms with E-state index in [0.717, 1.165) is 30.9 Å². The molecule has 0 aliphatic carbocycles. The minimum absolute atomic E-state index is 0.0196. The molecule has 5 rings (SSSR count). The number of allylic oxidation sites excluding steroid dienone is 2. The predicted octanol–water partition coefficient (Wildman–Crippen LogP) is 5.51. The number of hydrogen-bond donors (Lipinski definition) is 1. The number of rotatable bonds is 6. The number of amidine groups is 1. The molecule has 0 radical (unpaired) electrons. The molecule has 2 aromatic rings. The van der Waals surface area contributed by atoms with Gasteiger partial charge in [-0.1, -0.05) is 60.5 Å². The zero-order chi connectivity index (χ0) is 24.4. The molecular formula is C29H33ClN4O. The maximum absolute atomic E-state index is 13.1. The molecule has 6 heteroatoms. The van der Waals surface area contributed by atoms with E-state index in [1.165, 1.54) is 29.7 Å². The Morgan fingerprint density at radius 1 is 1.06 bits per heavy atom. The van der Waals surface area contributed by atoms with Gasteiger partial charge < -0.3 is 15.1 Å². The van der Waals surface area contributed by atoms with Crippen molar-refractivity contribution >= 4 is 29.0 Å². The van der Waals surface area contributed by atoms with Crippen molar-refractivity contribution in [2.75, 3.05) is 18.0 Å². The third-order valence-electron chi connectivity index (χ3n) is 7.38. The molecule has 2 unspecified atom stereocenters. The van der Waals surface area contributed by atoms with E-state index in [-0.39, 0.29) is 18.0 Å². The molecule has 1 saturated heterocycles. The van der Waals surface area contributed by atoms with Crippen LogP contribution < -0.4 is 10.2 Å². The number of benzene rings is 2. The highest BCUT2D eigenvalue weighted by Gasteiger charge is 2.39. The van der Waals surface area contributed by atoms with Gasteiger partial charge in [-0.3, -0.25) is 9.79 Å². The van der Waals surface area contributed by atoms with E-state index in [2.05, 4.69) is 72.6 Å². The smallest absolute Gasteiger partial charge is 0.245 e. The summed E-state index contributed by atoms with van der Waals surface area (Å²) in [5, 5.41) is 3.72. The van der Waals surface area contributed by atoms with Gasteiger partial charge in [0.25, 0.3) is 0 Å². The normalized spacial score (nSPS) is 22.0. The van der Waals surface area contributed by atoms with Gasteiger partial charge in [0, 0.05) is 31.5 Å². The van der Waals surface area contributed by atoms with E-state index < -0.39 is 0 Å². The lowest BCUT2D eigenvalue weighted by Crippen LogP contribution is -2.48. The van der Waals surface area contributed by atoms with Crippen molar-refractivity contribution in [2.45, 2.75) is 57.7 Å². The number of halogens is 1. The molecule has 3 heterocycles. The summed E-state index contributed by atoms with van der Waals surface area (Å²) in [5.41, 5.74) is 5.13. The van der Waals surface area contributed by atoms with Gasteiger partial charge in [0.05, 0.1) is 11.1 Å². The summed E-state index contributed by atoms with van der Waals surface area (Å²) in [6.45, 7) is 6.83. The third-order valence-corrected chi connectivity index (χ3v) is 7.60. The molecule has 1 amide bonds. The van der Waals surface area contributed by atoms with Gasteiger partial charge in [-0.25, -0.2) is 0 Å². The van der Waals surface area contributed by atoms with E-state index in [1.807, 2.05) is 17.1 Å². The van der Waals surface area contributed by atoms with Crippen LogP contribution in [0.1, 0.15) is 48.8 Å². The Bertz CT molecular complexity index is 1140. The Morgan fingerprint density at radius 3 is 2.46 bits per heavy atom. The second-order valence-electron chi connectivity index (χ2n) is 9.72.